The van der Waals surface area contributed by atoms with Gasteiger partial charge in [0.15, 0.2) is 0 Å². The summed E-state index contributed by atoms with van der Waals surface area (Å²) in [6, 6.07) is 17.7. The van der Waals surface area contributed by atoms with Gasteiger partial charge in [0.1, 0.15) is 5.75 Å². The van der Waals surface area contributed by atoms with E-state index in [2.05, 4.69) is 0 Å². The number of nitrogens with two attached hydrogens (primary N) is 1. The van der Waals surface area contributed by atoms with Crippen molar-refractivity contribution >= 4 is 12.4 Å². The van der Waals surface area contributed by atoms with Gasteiger partial charge in [0.25, 0.3) is 0 Å². The van der Waals surface area contributed by atoms with Crippen molar-refractivity contribution in [2.45, 2.75) is 6.04 Å². The molecule has 0 fully saturated rings. The summed E-state index contributed by atoms with van der Waals surface area (Å²) in [4.78, 5) is 0. The Morgan fingerprint density at radius 3 is 2.18 bits per heavy atom. The second-order valence-corrected chi connectivity index (χ2v) is 3.63. The van der Waals surface area contributed by atoms with Gasteiger partial charge in [0.05, 0.1) is 13.2 Å². The van der Waals surface area contributed by atoms with Crippen LogP contribution in [0, 0.1) is 0 Å². The van der Waals surface area contributed by atoms with E-state index in [-0.39, 0.29) is 18.4 Å². The number of halogens is 1. The summed E-state index contributed by atoms with van der Waals surface area (Å²) < 4.78 is 5.31. The number of para-hydroxylation sites is 1. The topological polar surface area (TPSA) is 35.2 Å². The normalized spacial score (nSPS) is 11.4. The highest BCUT2D eigenvalue weighted by atomic mass is 35.5. The quantitative estimate of drug-likeness (QED) is 0.907. The van der Waals surface area contributed by atoms with E-state index in [0.29, 0.717) is 0 Å². The Kier molecular flexibility index (Phi) is 5.01. The van der Waals surface area contributed by atoms with Crippen molar-refractivity contribution < 1.29 is 4.74 Å². The molecule has 0 bridgehead atoms. The van der Waals surface area contributed by atoms with Crippen LogP contribution in [-0.2, 0) is 0 Å². The van der Waals surface area contributed by atoms with Gasteiger partial charge >= 0.3 is 0 Å². The van der Waals surface area contributed by atoms with Gasteiger partial charge in [-0.1, -0.05) is 48.5 Å². The number of benzene rings is 2. The first-order chi connectivity index (χ1) is 7.83. The molecule has 2 rings (SSSR count). The first-order valence-corrected chi connectivity index (χ1v) is 5.26. The third-order valence-corrected chi connectivity index (χ3v) is 2.63. The average Bonchev–Trinajstić information content (AvgIpc) is 2.39. The zero-order valence-corrected chi connectivity index (χ0v) is 10.5. The molecule has 0 aliphatic heterocycles. The summed E-state index contributed by atoms with van der Waals surface area (Å²) in [5, 5.41) is 0. The van der Waals surface area contributed by atoms with Crippen LogP contribution < -0.4 is 10.5 Å². The van der Waals surface area contributed by atoms with E-state index in [9.17, 15) is 0 Å². The van der Waals surface area contributed by atoms with E-state index in [1.54, 1.807) is 7.11 Å². The lowest BCUT2D eigenvalue weighted by atomic mass is 9.99. The highest BCUT2D eigenvalue weighted by molar-refractivity contribution is 5.85. The Morgan fingerprint density at radius 1 is 0.941 bits per heavy atom. The first-order valence-electron chi connectivity index (χ1n) is 5.26. The molecule has 0 spiro atoms. The van der Waals surface area contributed by atoms with Crippen LogP contribution in [0.5, 0.6) is 5.75 Å². The van der Waals surface area contributed by atoms with Crippen LogP contribution in [0.25, 0.3) is 0 Å². The molecule has 2 aromatic rings. The summed E-state index contributed by atoms with van der Waals surface area (Å²) in [5.41, 5.74) is 8.31. The molecule has 0 amide bonds. The van der Waals surface area contributed by atoms with Crippen molar-refractivity contribution in [2.24, 2.45) is 5.73 Å². The Balaban J connectivity index is 0.00000144. The number of hydrogen-bond acceptors (Lipinski definition) is 2. The Morgan fingerprint density at radius 2 is 1.53 bits per heavy atom. The van der Waals surface area contributed by atoms with Crippen LogP contribution in [0.4, 0.5) is 0 Å². The van der Waals surface area contributed by atoms with Crippen molar-refractivity contribution in [3.8, 4) is 5.75 Å². The van der Waals surface area contributed by atoms with Crippen LogP contribution >= 0.6 is 12.4 Å². The minimum atomic E-state index is -0.141. The standard InChI is InChI=1S/C14H15NO.ClH/c1-16-13-10-6-5-9-12(13)14(15)11-7-3-2-4-8-11;/h2-10,14H,15H2,1H3;1H. The predicted octanol–water partition coefficient (Wildman–Crippen LogP) is 3.17. The van der Waals surface area contributed by atoms with Gasteiger partial charge < -0.3 is 10.5 Å². The molecule has 0 heterocycles. The van der Waals surface area contributed by atoms with Crippen LogP contribution in [0.3, 0.4) is 0 Å². The van der Waals surface area contributed by atoms with Crippen LogP contribution in [0.15, 0.2) is 54.6 Å². The molecular formula is C14H16ClNO. The van der Waals surface area contributed by atoms with E-state index in [4.69, 9.17) is 10.5 Å². The first kappa shape index (κ1) is 13.6. The van der Waals surface area contributed by atoms with E-state index in [1.807, 2.05) is 54.6 Å². The van der Waals surface area contributed by atoms with Gasteiger partial charge in [-0.15, -0.1) is 12.4 Å². The van der Waals surface area contributed by atoms with E-state index in [1.165, 1.54) is 0 Å². The lowest BCUT2D eigenvalue weighted by Crippen LogP contribution is -2.12. The molecule has 90 valence electrons. The fraction of sp³-hybridized carbons (Fsp3) is 0.143. The van der Waals surface area contributed by atoms with E-state index in [0.717, 1.165) is 16.9 Å². The van der Waals surface area contributed by atoms with Crippen LogP contribution in [-0.4, -0.2) is 7.11 Å². The molecule has 0 aliphatic carbocycles. The molecule has 1 atom stereocenters. The maximum absolute atomic E-state index is 6.21. The summed E-state index contributed by atoms with van der Waals surface area (Å²) in [7, 11) is 1.66. The monoisotopic (exact) mass is 249 g/mol. The highest BCUT2D eigenvalue weighted by Crippen LogP contribution is 2.27. The van der Waals surface area contributed by atoms with Gasteiger partial charge in [-0.3, -0.25) is 0 Å². The number of ether oxygens (including phenoxy) is 1. The van der Waals surface area contributed by atoms with Crippen molar-refractivity contribution in [1.82, 2.24) is 0 Å². The summed E-state index contributed by atoms with van der Waals surface area (Å²) in [6.07, 6.45) is 0. The van der Waals surface area contributed by atoms with Gasteiger partial charge in [-0.2, -0.15) is 0 Å². The summed E-state index contributed by atoms with van der Waals surface area (Å²) in [6.45, 7) is 0. The third kappa shape index (κ3) is 2.99. The SMILES string of the molecule is COc1ccccc1C(N)c1ccccc1.Cl. The zero-order valence-electron chi connectivity index (χ0n) is 9.67. The Labute approximate surface area is 108 Å². The molecule has 0 radical (unpaired) electrons. The van der Waals surface area contributed by atoms with E-state index >= 15 is 0 Å². The van der Waals surface area contributed by atoms with E-state index < -0.39 is 0 Å². The molecule has 2 aromatic carbocycles. The predicted molar refractivity (Wildman–Crippen MR) is 72.7 cm³/mol. The van der Waals surface area contributed by atoms with Gasteiger partial charge in [-0.25, -0.2) is 0 Å². The molecule has 1 unspecified atom stereocenters. The van der Waals surface area contributed by atoms with Gasteiger partial charge in [0.2, 0.25) is 0 Å². The summed E-state index contributed by atoms with van der Waals surface area (Å²) in [5.74, 6) is 0.832. The molecule has 0 aliphatic rings. The second kappa shape index (κ2) is 6.28. The molecule has 17 heavy (non-hydrogen) atoms. The smallest absolute Gasteiger partial charge is 0.123 e. The molecule has 2 nitrogen and oxygen atoms in total. The summed E-state index contributed by atoms with van der Waals surface area (Å²) >= 11 is 0. The fourth-order valence-corrected chi connectivity index (χ4v) is 1.76. The van der Waals surface area contributed by atoms with Gasteiger partial charge in [0, 0.05) is 5.56 Å². The Hall–Kier alpha value is -1.51. The highest BCUT2D eigenvalue weighted by Gasteiger charge is 2.12. The molecule has 3 heteroatoms. The zero-order chi connectivity index (χ0) is 11.4. The van der Waals surface area contributed by atoms with Crippen molar-refractivity contribution in [2.75, 3.05) is 7.11 Å². The largest absolute Gasteiger partial charge is 0.496 e. The molecule has 2 N–H and O–H groups in total. The maximum atomic E-state index is 6.21. The Bertz CT molecular complexity index is 459. The minimum Gasteiger partial charge on any atom is -0.496 e. The maximum Gasteiger partial charge on any atom is 0.123 e. The van der Waals surface area contributed by atoms with Crippen molar-refractivity contribution in [3.63, 3.8) is 0 Å². The number of rotatable bonds is 3. The fourth-order valence-electron chi connectivity index (χ4n) is 1.76. The average molecular weight is 250 g/mol. The van der Waals surface area contributed by atoms with Crippen molar-refractivity contribution in [1.29, 1.82) is 0 Å². The third-order valence-electron chi connectivity index (χ3n) is 2.63. The van der Waals surface area contributed by atoms with Crippen molar-refractivity contribution in [3.05, 3.63) is 65.7 Å². The molecule has 0 aromatic heterocycles. The lowest BCUT2D eigenvalue weighted by molar-refractivity contribution is 0.408. The lowest BCUT2D eigenvalue weighted by Gasteiger charge is -2.15. The van der Waals surface area contributed by atoms with Crippen LogP contribution in [0.1, 0.15) is 17.2 Å². The molecular weight excluding hydrogens is 234 g/mol. The minimum absolute atomic E-state index is 0. The second-order valence-electron chi connectivity index (χ2n) is 3.63. The molecule has 0 saturated heterocycles. The van der Waals surface area contributed by atoms with Crippen LogP contribution in [0.2, 0.25) is 0 Å². The molecule has 0 saturated carbocycles. The number of methoxy groups -OCH3 is 1. The van der Waals surface area contributed by atoms with Gasteiger partial charge in [-0.05, 0) is 11.6 Å². The number of hydrogen-bond donors (Lipinski definition) is 1.